The molecular formula is C22H24N2O2. The molecule has 2 aromatic carbocycles. The van der Waals surface area contributed by atoms with Gasteiger partial charge >= 0.3 is 0 Å². The molecule has 0 unspecified atom stereocenters. The predicted octanol–water partition coefficient (Wildman–Crippen LogP) is 3.85. The van der Waals surface area contributed by atoms with E-state index in [1.54, 1.807) is 6.07 Å². The Balaban J connectivity index is 2.26. The lowest BCUT2D eigenvalue weighted by Crippen LogP contribution is -2.34. The van der Waals surface area contributed by atoms with Gasteiger partial charge in [0.05, 0.1) is 11.2 Å². The van der Waals surface area contributed by atoms with Gasteiger partial charge in [-0.2, -0.15) is 0 Å². The number of carbonyl (C=O) groups excluding carboxylic acids is 1. The first-order chi connectivity index (χ1) is 12.5. The second kappa shape index (κ2) is 7.56. The Morgan fingerprint density at radius 2 is 1.69 bits per heavy atom. The number of aromatic nitrogens is 1. The van der Waals surface area contributed by atoms with E-state index in [1.165, 1.54) is 0 Å². The van der Waals surface area contributed by atoms with Crippen LogP contribution in [-0.2, 0) is 11.3 Å². The summed E-state index contributed by atoms with van der Waals surface area (Å²) in [5, 5.41) is 0.641. The lowest BCUT2D eigenvalue weighted by Gasteiger charge is -2.22. The van der Waals surface area contributed by atoms with Gasteiger partial charge < -0.3 is 9.47 Å². The van der Waals surface area contributed by atoms with Crippen LogP contribution in [0.2, 0.25) is 0 Å². The monoisotopic (exact) mass is 348 g/mol. The second-order valence-corrected chi connectivity index (χ2v) is 6.43. The number of amides is 1. The van der Waals surface area contributed by atoms with Gasteiger partial charge in [0.2, 0.25) is 5.91 Å². The molecule has 0 aliphatic rings. The largest absolute Gasteiger partial charge is 0.342 e. The fourth-order valence-corrected chi connectivity index (χ4v) is 3.31. The third-order valence-electron chi connectivity index (χ3n) is 4.75. The van der Waals surface area contributed by atoms with Crippen molar-refractivity contribution in [3.63, 3.8) is 0 Å². The summed E-state index contributed by atoms with van der Waals surface area (Å²) in [4.78, 5) is 27.3. The van der Waals surface area contributed by atoms with Gasteiger partial charge in [-0.15, -0.1) is 0 Å². The van der Waals surface area contributed by atoms with Crippen molar-refractivity contribution in [1.82, 2.24) is 9.47 Å². The van der Waals surface area contributed by atoms with Crippen molar-refractivity contribution in [2.45, 2.75) is 27.3 Å². The average Bonchev–Trinajstić information content (AvgIpc) is 2.65. The summed E-state index contributed by atoms with van der Waals surface area (Å²) >= 11 is 0. The van der Waals surface area contributed by atoms with E-state index in [0.717, 1.165) is 22.3 Å². The first-order valence-corrected chi connectivity index (χ1v) is 9.02. The third kappa shape index (κ3) is 3.40. The number of benzene rings is 2. The molecule has 1 heterocycles. The molecule has 0 aliphatic heterocycles. The number of hydrogen-bond donors (Lipinski definition) is 0. The van der Waals surface area contributed by atoms with Crippen LogP contribution >= 0.6 is 0 Å². The van der Waals surface area contributed by atoms with Crippen LogP contribution in [-0.4, -0.2) is 28.5 Å². The molecule has 3 aromatic rings. The zero-order valence-corrected chi connectivity index (χ0v) is 15.5. The van der Waals surface area contributed by atoms with Crippen molar-refractivity contribution in [2.24, 2.45) is 0 Å². The summed E-state index contributed by atoms with van der Waals surface area (Å²) < 4.78 is 1.97. The maximum Gasteiger partial charge on any atom is 0.242 e. The fourth-order valence-electron chi connectivity index (χ4n) is 3.31. The van der Waals surface area contributed by atoms with Crippen molar-refractivity contribution in [1.29, 1.82) is 0 Å². The Labute approximate surface area is 153 Å². The molecule has 1 aromatic heterocycles. The molecule has 0 saturated heterocycles. The Morgan fingerprint density at radius 3 is 2.35 bits per heavy atom. The highest BCUT2D eigenvalue weighted by Gasteiger charge is 2.16. The molecule has 26 heavy (non-hydrogen) atoms. The highest BCUT2D eigenvalue weighted by molar-refractivity contribution is 5.86. The number of nitrogens with zero attached hydrogens (tertiary/aromatic N) is 2. The average molecular weight is 348 g/mol. The Hall–Kier alpha value is -2.88. The van der Waals surface area contributed by atoms with Crippen LogP contribution in [0.3, 0.4) is 0 Å². The van der Waals surface area contributed by atoms with Crippen molar-refractivity contribution >= 4 is 16.8 Å². The first-order valence-electron chi connectivity index (χ1n) is 9.02. The highest BCUT2D eigenvalue weighted by Crippen LogP contribution is 2.23. The predicted molar refractivity (Wildman–Crippen MR) is 106 cm³/mol. The van der Waals surface area contributed by atoms with Gasteiger partial charge in [0.1, 0.15) is 6.54 Å². The molecule has 0 fully saturated rings. The number of aryl methyl sites for hydroxylation is 1. The quantitative estimate of drug-likeness (QED) is 0.703. The zero-order chi connectivity index (χ0) is 18.7. The van der Waals surface area contributed by atoms with Crippen molar-refractivity contribution in [2.75, 3.05) is 13.1 Å². The minimum Gasteiger partial charge on any atom is -0.342 e. The molecule has 0 spiro atoms. The minimum atomic E-state index is -0.0228. The summed E-state index contributed by atoms with van der Waals surface area (Å²) in [5.41, 5.74) is 3.54. The van der Waals surface area contributed by atoms with Crippen LogP contribution in [0.5, 0.6) is 0 Å². The summed E-state index contributed by atoms with van der Waals surface area (Å²) in [6.07, 6.45) is 0. The van der Waals surface area contributed by atoms with Gasteiger partial charge in [0.15, 0.2) is 5.43 Å². The maximum atomic E-state index is 12.8. The molecule has 0 bridgehead atoms. The molecule has 134 valence electrons. The molecule has 0 radical (unpaired) electrons. The summed E-state index contributed by atoms with van der Waals surface area (Å²) in [7, 11) is 0. The third-order valence-corrected chi connectivity index (χ3v) is 4.75. The van der Waals surface area contributed by atoms with Gasteiger partial charge in [-0.05, 0) is 44.0 Å². The molecule has 0 saturated carbocycles. The number of rotatable bonds is 5. The summed E-state index contributed by atoms with van der Waals surface area (Å²) in [6.45, 7) is 7.52. The molecule has 0 N–H and O–H groups in total. The Bertz CT molecular complexity index is 986. The van der Waals surface area contributed by atoms with E-state index in [2.05, 4.69) is 0 Å². The SMILES string of the molecule is CCN(CC)C(=O)Cn1c(-c2ccccc2)cc(=O)c2ccc(C)cc21. The van der Waals surface area contributed by atoms with E-state index in [-0.39, 0.29) is 17.9 Å². The van der Waals surface area contributed by atoms with Crippen molar-refractivity contribution in [3.8, 4) is 11.3 Å². The zero-order valence-electron chi connectivity index (χ0n) is 15.5. The molecule has 0 atom stereocenters. The Morgan fingerprint density at radius 1 is 1.00 bits per heavy atom. The minimum absolute atomic E-state index is 0.0228. The lowest BCUT2D eigenvalue weighted by atomic mass is 10.1. The standard InChI is InChI=1S/C22H24N2O2/c1-4-23(5-2)22(26)15-24-19(17-9-7-6-8-10-17)14-21(25)18-12-11-16(3)13-20(18)24/h6-14H,4-5,15H2,1-3H3. The van der Waals surface area contributed by atoms with E-state index in [4.69, 9.17) is 0 Å². The summed E-state index contributed by atoms with van der Waals surface area (Å²) in [5.74, 6) is 0.0543. The van der Waals surface area contributed by atoms with Crippen LogP contribution in [0, 0.1) is 6.92 Å². The first kappa shape index (κ1) is 17.9. The second-order valence-electron chi connectivity index (χ2n) is 6.43. The molecule has 1 amide bonds. The number of hydrogen-bond acceptors (Lipinski definition) is 2. The fraction of sp³-hybridized carbons (Fsp3) is 0.273. The van der Waals surface area contributed by atoms with Gasteiger partial charge in [-0.1, -0.05) is 36.4 Å². The Kier molecular flexibility index (Phi) is 5.21. The van der Waals surface area contributed by atoms with E-state index in [1.807, 2.05) is 78.8 Å². The van der Waals surface area contributed by atoms with Crippen LogP contribution in [0.15, 0.2) is 59.4 Å². The van der Waals surface area contributed by atoms with E-state index >= 15 is 0 Å². The number of pyridine rings is 1. The smallest absolute Gasteiger partial charge is 0.242 e. The van der Waals surface area contributed by atoms with Crippen LogP contribution in [0.1, 0.15) is 19.4 Å². The van der Waals surface area contributed by atoms with Gasteiger partial charge in [-0.3, -0.25) is 9.59 Å². The summed E-state index contributed by atoms with van der Waals surface area (Å²) in [6, 6.07) is 17.2. The van der Waals surface area contributed by atoms with E-state index < -0.39 is 0 Å². The van der Waals surface area contributed by atoms with Gasteiger partial charge in [0, 0.05) is 24.5 Å². The maximum absolute atomic E-state index is 12.8. The lowest BCUT2D eigenvalue weighted by molar-refractivity contribution is -0.131. The van der Waals surface area contributed by atoms with Crippen molar-refractivity contribution < 1.29 is 4.79 Å². The molecule has 0 aliphatic carbocycles. The van der Waals surface area contributed by atoms with E-state index in [9.17, 15) is 9.59 Å². The van der Waals surface area contributed by atoms with Crippen molar-refractivity contribution in [3.05, 3.63) is 70.4 Å². The number of likely N-dealkylation sites (N-methyl/N-ethyl adjacent to an activating group) is 1. The van der Waals surface area contributed by atoms with Crippen LogP contribution in [0.4, 0.5) is 0 Å². The number of fused-ring (bicyclic) bond motifs is 1. The number of carbonyl (C=O) groups is 1. The molecule has 4 nitrogen and oxygen atoms in total. The topological polar surface area (TPSA) is 42.3 Å². The molecule has 3 rings (SSSR count). The highest BCUT2D eigenvalue weighted by atomic mass is 16.2. The molecule has 4 heteroatoms. The van der Waals surface area contributed by atoms with Crippen LogP contribution in [0.25, 0.3) is 22.2 Å². The van der Waals surface area contributed by atoms with Gasteiger partial charge in [-0.25, -0.2) is 0 Å². The molecular weight excluding hydrogens is 324 g/mol. The van der Waals surface area contributed by atoms with E-state index in [0.29, 0.717) is 18.5 Å². The van der Waals surface area contributed by atoms with Gasteiger partial charge in [0.25, 0.3) is 0 Å². The normalized spacial score (nSPS) is 10.9. The van der Waals surface area contributed by atoms with Crippen LogP contribution < -0.4 is 5.43 Å².